The van der Waals surface area contributed by atoms with Gasteiger partial charge in [0.15, 0.2) is 0 Å². The molecule has 2 N–H and O–H groups in total. The van der Waals surface area contributed by atoms with E-state index in [1.165, 1.54) is 26.2 Å². The minimum atomic E-state index is 0. The quantitative estimate of drug-likeness (QED) is 0.595. The fraction of sp³-hybridized carbons (Fsp3) is 1.00. The molecule has 4 heteroatoms. The molecule has 2 aliphatic rings. The molecule has 2 aliphatic heterocycles. The second-order valence-electron chi connectivity index (χ2n) is 3.60. The molecule has 0 aromatic heterocycles. The van der Waals surface area contributed by atoms with Gasteiger partial charge in [0.2, 0.25) is 0 Å². The van der Waals surface area contributed by atoms with Crippen LogP contribution in [0.25, 0.3) is 0 Å². The van der Waals surface area contributed by atoms with Crippen LogP contribution in [-0.4, -0.2) is 49.7 Å². The van der Waals surface area contributed by atoms with E-state index in [-0.39, 0.29) is 12.4 Å². The maximum absolute atomic E-state index is 3.41. The second-order valence-corrected chi connectivity index (χ2v) is 3.60. The van der Waals surface area contributed by atoms with Crippen molar-refractivity contribution in [3.8, 4) is 0 Å². The average Bonchev–Trinajstić information content (AvgIpc) is 1.90. The van der Waals surface area contributed by atoms with E-state index in [0.29, 0.717) is 0 Å². The van der Waals surface area contributed by atoms with E-state index < -0.39 is 0 Å². The first-order chi connectivity index (χ1) is 5.38. The van der Waals surface area contributed by atoms with Crippen LogP contribution in [0, 0.1) is 0 Å². The van der Waals surface area contributed by atoms with E-state index >= 15 is 0 Å². The standard InChI is InChI=1S/C8H17N3.ClH/c1-7-4-9-2-3-11(7)8-5-10-6-8;/h7-10H,2-6H2,1H3;1H/t7-;/m0./s1. The van der Waals surface area contributed by atoms with Crippen LogP contribution in [0.15, 0.2) is 0 Å². The van der Waals surface area contributed by atoms with Crippen molar-refractivity contribution >= 4 is 12.4 Å². The van der Waals surface area contributed by atoms with Gasteiger partial charge in [-0.1, -0.05) is 0 Å². The highest BCUT2D eigenvalue weighted by Crippen LogP contribution is 2.10. The van der Waals surface area contributed by atoms with Crippen LogP contribution in [0.4, 0.5) is 0 Å². The maximum Gasteiger partial charge on any atom is 0.0349 e. The van der Waals surface area contributed by atoms with Crippen molar-refractivity contribution < 1.29 is 0 Å². The predicted molar refractivity (Wildman–Crippen MR) is 52.9 cm³/mol. The molecule has 0 aromatic carbocycles. The molecule has 1 atom stereocenters. The fourth-order valence-electron chi connectivity index (χ4n) is 1.91. The van der Waals surface area contributed by atoms with Crippen molar-refractivity contribution in [2.75, 3.05) is 32.7 Å². The topological polar surface area (TPSA) is 27.3 Å². The summed E-state index contributed by atoms with van der Waals surface area (Å²) in [7, 11) is 0. The van der Waals surface area contributed by atoms with Gasteiger partial charge in [0.1, 0.15) is 0 Å². The molecule has 0 unspecified atom stereocenters. The Morgan fingerprint density at radius 1 is 1.17 bits per heavy atom. The van der Waals surface area contributed by atoms with Gasteiger partial charge in [0, 0.05) is 44.8 Å². The van der Waals surface area contributed by atoms with Gasteiger partial charge in [0.05, 0.1) is 0 Å². The highest BCUT2D eigenvalue weighted by Gasteiger charge is 2.29. The zero-order valence-electron chi connectivity index (χ0n) is 7.55. The Balaban J connectivity index is 0.000000720. The second kappa shape index (κ2) is 4.42. The van der Waals surface area contributed by atoms with Crippen molar-refractivity contribution in [1.29, 1.82) is 0 Å². The van der Waals surface area contributed by atoms with E-state index in [9.17, 15) is 0 Å². The molecule has 0 saturated carbocycles. The maximum atomic E-state index is 3.41. The lowest BCUT2D eigenvalue weighted by Gasteiger charge is -2.44. The van der Waals surface area contributed by atoms with Crippen LogP contribution in [-0.2, 0) is 0 Å². The number of nitrogens with one attached hydrogen (secondary N) is 2. The molecule has 0 aliphatic carbocycles. The molecular weight excluding hydrogens is 174 g/mol. The van der Waals surface area contributed by atoms with Gasteiger partial charge in [0.25, 0.3) is 0 Å². The van der Waals surface area contributed by atoms with Crippen molar-refractivity contribution in [3.05, 3.63) is 0 Å². The highest BCUT2D eigenvalue weighted by molar-refractivity contribution is 5.85. The van der Waals surface area contributed by atoms with Crippen molar-refractivity contribution in [2.24, 2.45) is 0 Å². The highest BCUT2D eigenvalue weighted by atomic mass is 35.5. The SMILES string of the molecule is C[C@H]1CNCCN1C1CNC1.Cl. The molecular formula is C8H18ClN3. The lowest BCUT2D eigenvalue weighted by Crippen LogP contribution is -2.64. The third-order valence-electron chi connectivity index (χ3n) is 2.78. The van der Waals surface area contributed by atoms with Gasteiger partial charge >= 0.3 is 0 Å². The van der Waals surface area contributed by atoms with Crippen LogP contribution >= 0.6 is 12.4 Å². The first kappa shape index (κ1) is 10.3. The van der Waals surface area contributed by atoms with Crippen molar-refractivity contribution in [3.63, 3.8) is 0 Å². The number of halogens is 1. The monoisotopic (exact) mass is 191 g/mol. The predicted octanol–water partition coefficient (Wildman–Crippen LogP) is -0.326. The summed E-state index contributed by atoms with van der Waals surface area (Å²) < 4.78 is 0. The van der Waals surface area contributed by atoms with Gasteiger partial charge < -0.3 is 10.6 Å². The van der Waals surface area contributed by atoms with Gasteiger partial charge in [-0.15, -0.1) is 12.4 Å². The van der Waals surface area contributed by atoms with E-state index in [2.05, 4.69) is 22.5 Å². The normalized spacial score (nSPS) is 32.2. The fourth-order valence-corrected chi connectivity index (χ4v) is 1.91. The number of piperazine rings is 1. The minimum Gasteiger partial charge on any atom is -0.314 e. The molecule has 72 valence electrons. The molecule has 3 nitrogen and oxygen atoms in total. The molecule has 0 bridgehead atoms. The van der Waals surface area contributed by atoms with Crippen LogP contribution in [0.2, 0.25) is 0 Å². The Kier molecular flexibility index (Phi) is 3.77. The Bertz CT molecular complexity index is 136. The summed E-state index contributed by atoms with van der Waals surface area (Å²) in [6, 6.07) is 1.56. The van der Waals surface area contributed by atoms with E-state index in [0.717, 1.165) is 18.6 Å². The Morgan fingerprint density at radius 3 is 2.42 bits per heavy atom. The smallest absolute Gasteiger partial charge is 0.0349 e. The van der Waals surface area contributed by atoms with Gasteiger partial charge in [-0.05, 0) is 6.92 Å². The van der Waals surface area contributed by atoms with Gasteiger partial charge in [-0.25, -0.2) is 0 Å². The number of rotatable bonds is 1. The summed E-state index contributed by atoms with van der Waals surface area (Å²) in [5, 5.41) is 6.72. The Morgan fingerprint density at radius 2 is 1.92 bits per heavy atom. The average molecular weight is 192 g/mol. The molecule has 2 heterocycles. The van der Waals surface area contributed by atoms with E-state index in [1.807, 2.05) is 0 Å². The lowest BCUT2D eigenvalue weighted by molar-refractivity contribution is 0.0833. The first-order valence-electron chi connectivity index (χ1n) is 4.55. The molecule has 12 heavy (non-hydrogen) atoms. The summed E-state index contributed by atoms with van der Waals surface area (Å²) in [5.74, 6) is 0. The zero-order valence-corrected chi connectivity index (χ0v) is 8.36. The summed E-state index contributed by atoms with van der Waals surface area (Å²) in [5.41, 5.74) is 0. The number of nitrogens with zero attached hydrogens (tertiary/aromatic N) is 1. The summed E-state index contributed by atoms with van der Waals surface area (Å²) in [6.45, 7) is 8.27. The molecule has 0 aromatic rings. The van der Waals surface area contributed by atoms with Gasteiger partial charge in [-0.3, -0.25) is 4.90 Å². The van der Waals surface area contributed by atoms with Crippen molar-refractivity contribution in [2.45, 2.75) is 19.0 Å². The molecule has 2 rings (SSSR count). The largest absolute Gasteiger partial charge is 0.314 e. The first-order valence-corrected chi connectivity index (χ1v) is 4.55. The Labute approximate surface area is 80.3 Å². The third kappa shape index (κ3) is 1.91. The number of hydrogen-bond donors (Lipinski definition) is 2. The van der Waals surface area contributed by atoms with Crippen LogP contribution in [0.1, 0.15) is 6.92 Å². The summed E-state index contributed by atoms with van der Waals surface area (Å²) in [6.07, 6.45) is 0. The minimum absolute atomic E-state index is 0. The van der Waals surface area contributed by atoms with Gasteiger partial charge in [-0.2, -0.15) is 0 Å². The lowest BCUT2D eigenvalue weighted by atomic mass is 10.1. The third-order valence-corrected chi connectivity index (χ3v) is 2.78. The van der Waals surface area contributed by atoms with Crippen molar-refractivity contribution in [1.82, 2.24) is 15.5 Å². The summed E-state index contributed by atoms with van der Waals surface area (Å²) in [4.78, 5) is 2.62. The van der Waals surface area contributed by atoms with E-state index in [1.54, 1.807) is 0 Å². The zero-order chi connectivity index (χ0) is 7.68. The molecule has 2 fully saturated rings. The number of hydrogen-bond acceptors (Lipinski definition) is 3. The molecule has 2 saturated heterocycles. The van der Waals surface area contributed by atoms with E-state index in [4.69, 9.17) is 0 Å². The molecule has 0 spiro atoms. The molecule has 0 amide bonds. The van der Waals surface area contributed by atoms with Crippen LogP contribution in [0.3, 0.4) is 0 Å². The molecule has 0 radical (unpaired) electrons. The Hall–Kier alpha value is 0.170. The van der Waals surface area contributed by atoms with Crippen LogP contribution < -0.4 is 10.6 Å². The summed E-state index contributed by atoms with van der Waals surface area (Å²) >= 11 is 0. The van der Waals surface area contributed by atoms with Crippen LogP contribution in [0.5, 0.6) is 0 Å².